The van der Waals surface area contributed by atoms with E-state index in [0.717, 1.165) is 0 Å². The van der Waals surface area contributed by atoms with Gasteiger partial charge in [0, 0.05) is 36.5 Å². The van der Waals surface area contributed by atoms with Gasteiger partial charge < -0.3 is 48.7 Å². The number of carbonyl (C=O) groups excluding carboxylic acids is 4. The molecule has 326 valence electrons. The molecule has 14 nitrogen and oxygen atoms in total. The van der Waals surface area contributed by atoms with Gasteiger partial charge in [-0.05, 0) is 63.8 Å². The summed E-state index contributed by atoms with van der Waals surface area (Å²) in [7, 11) is 0. The van der Waals surface area contributed by atoms with Crippen LogP contribution in [0.2, 0.25) is 0 Å². The number of hydrogen-bond donors (Lipinski definition) is 3. The number of amides is 1. The summed E-state index contributed by atoms with van der Waals surface area (Å²) < 4.78 is 44.1. The number of alkyl carbamates (subject to hydrolysis) is 1. The zero-order chi connectivity index (χ0) is 43.6. The van der Waals surface area contributed by atoms with E-state index in [4.69, 9.17) is 33.2 Å². The highest BCUT2D eigenvalue weighted by molar-refractivity contribution is 5.89. The van der Waals surface area contributed by atoms with E-state index in [1.165, 1.54) is 6.92 Å². The molecule has 3 N–H and O–H groups in total. The van der Waals surface area contributed by atoms with Crippen LogP contribution in [0.4, 0.5) is 4.79 Å². The van der Waals surface area contributed by atoms with Crippen LogP contribution in [0, 0.1) is 28.6 Å². The van der Waals surface area contributed by atoms with Crippen LogP contribution in [0.15, 0.2) is 54.1 Å². The van der Waals surface area contributed by atoms with Crippen LogP contribution in [0.25, 0.3) is 0 Å². The molecule has 3 aliphatic carbocycles. The monoisotopic (exact) mass is 825 g/mol. The first-order valence-electron chi connectivity index (χ1n) is 20.7. The van der Waals surface area contributed by atoms with Crippen molar-refractivity contribution in [2.24, 2.45) is 28.6 Å². The topological polar surface area (TPSA) is 185 Å². The lowest BCUT2D eigenvalue weighted by molar-refractivity contribution is -0.403. The van der Waals surface area contributed by atoms with Crippen LogP contribution in [0.3, 0.4) is 0 Å². The summed E-state index contributed by atoms with van der Waals surface area (Å²) in [6.07, 6.45) is -6.18. The lowest BCUT2D eigenvalue weighted by Gasteiger charge is -2.71. The third-order valence-corrected chi connectivity index (χ3v) is 13.5. The van der Waals surface area contributed by atoms with Gasteiger partial charge in [-0.25, -0.2) is 14.4 Å². The van der Waals surface area contributed by atoms with Crippen molar-refractivity contribution >= 4 is 24.0 Å². The molecule has 0 spiro atoms. The highest BCUT2D eigenvalue weighted by atomic mass is 16.7. The van der Waals surface area contributed by atoms with Crippen molar-refractivity contribution in [3.8, 4) is 0 Å². The summed E-state index contributed by atoms with van der Waals surface area (Å²) in [6.45, 7) is 23.6. The van der Waals surface area contributed by atoms with Gasteiger partial charge in [0.05, 0.1) is 36.3 Å². The number of carbonyl (C=O) groups is 4. The van der Waals surface area contributed by atoms with Crippen LogP contribution in [-0.2, 0) is 42.7 Å². The Labute approximate surface area is 347 Å². The largest absolute Gasteiger partial charge is 0.456 e. The number of aliphatic hydroxyl groups excluding tert-OH is 1. The van der Waals surface area contributed by atoms with Gasteiger partial charge in [0.25, 0.3) is 0 Å². The molecule has 1 aromatic rings. The molecule has 1 amide bonds. The average Bonchev–Trinajstić information content (AvgIpc) is 3.12. The van der Waals surface area contributed by atoms with E-state index in [9.17, 15) is 29.4 Å². The Morgan fingerprint density at radius 3 is 2.27 bits per heavy atom. The van der Waals surface area contributed by atoms with Crippen molar-refractivity contribution < 1.29 is 62.5 Å². The molecule has 2 saturated heterocycles. The molecule has 4 fully saturated rings. The normalized spacial score (nSPS) is 36.8. The Hall–Kier alpha value is -3.82. The molecule has 0 aromatic heterocycles. The molecular weight excluding hydrogens is 762 g/mol. The maximum Gasteiger partial charge on any atom is 0.407 e. The van der Waals surface area contributed by atoms with Gasteiger partial charge in [-0.1, -0.05) is 71.9 Å². The minimum absolute atomic E-state index is 0.0405. The van der Waals surface area contributed by atoms with Crippen LogP contribution in [0.5, 0.6) is 0 Å². The van der Waals surface area contributed by atoms with Gasteiger partial charge in [0.15, 0.2) is 18.0 Å². The third kappa shape index (κ3) is 7.73. The number of nitrogens with one attached hydrogen (secondary N) is 1. The molecule has 14 heteroatoms. The fraction of sp³-hybridized carbons (Fsp3) is 0.689. The van der Waals surface area contributed by atoms with Crippen molar-refractivity contribution in [1.29, 1.82) is 0 Å². The van der Waals surface area contributed by atoms with E-state index in [1.807, 2.05) is 48.5 Å². The third-order valence-electron chi connectivity index (χ3n) is 13.5. The number of aliphatic hydroxyl groups is 2. The Kier molecular flexibility index (Phi) is 12.1. The summed E-state index contributed by atoms with van der Waals surface area (Å²) in [5, 5.41) is 28.0. The molecule has 2 bridgehead atoms. The molecule has 13 atom stereocenters. The Bertz CT molecular complexity index is 1840. The number of rotatable bonds is 10. The standard InChI is InChI=1S/C45H63NO13/c1-13-32-55-30-20-31-44(22-53-31,58-26(6)47)35-37(57-38(49)27-17-15-14-16-18-27)45(52)21-29(24(4)33(42(45,10)11)25(5)36(56-32)43(30,35)12)54-39(50)34(48)28(19-23(2)3)46-40(51)59-41(7,8)9/h13-18,23,25,28-32,34-37,48,52H,1,19-22H2,2-12H3,(H,46,51)/t25?,28-,29-,30-,31+,32?,34+,35-,36-,37-,43+,44-,45+/m0/s1. The summed E-state index contributed by atoms with van der Waals surface area (Å²) in [4.78, 5) is 54.5. The zero-order valence-corrected chi connectivity index (χ0v) is 36.2. The van der Waals surface area contributed by atoms with Gasteiger partial charge in [-0.3, -0.25) is 4.79 Å². The van der Waals surface area contributed by atoms with Gasteiger partial charge in [0.1, 0.15) is 29.5 Å². The van der Waals surface area contributed by atoms with Crippen LogP contribution in [-0.4, -0.2) is 107 Å². The van der Waals surface area contributed by atoms with Crippen molar-refractivity contribution in [1.82, 2.24) is 5.32 Å². The minimum Gasteiger partial charge on any atom is -0.456 e. The maximum atomic E-state index is 14.4. The van der Waals surface area contributed by atoms with Crippen LogP contribution >= 0.6 is 0 Å². The molecule has 2 aliphatic heterocycles. The van der Waals surface area contributed by atoms with E-state index in [0.29, 0.717) is 17.6 Å². The molecule has 6 rings (SSSR count). The molecular formula is C45H63NO13. The maximum absolute atomic E-state index is 14.4. The smallest absolute Gasteiger partial charge is 0.407 e. The SMILES string of the molecule is C=CC1O[C@H]2C[C@H]3OC[C@@]3(OC(C)=O)[C@H]3[C@H](OC(=O)c4ccccc4)[C@]4(O)C[C@H](OC(=O)[C@H](O)[C@H](CC(C)C)NC(=O)OC(C)(C)C)C(C)=C(C(C)[C@H](O1)[C@]23C)C4(C)C. The Balaban J connectivity index is 1.51. The highest BCUT2D eigenvalue weighted by Crippen LogP contribution is 2.68. The highest BCUT2D eigenvalue weighted by Gasteiger charge is 2.79. The van der Waals surface area contributed by atoms with Gasteiger partial charge in [0.2, 0.25) is 0 Å². The first-order chi connectivity index (χ1) is 27.4. The second kappa shape index (κ2) is 15.9. The fourth-order valence-electron chi connectivity index (χ4n) is 11.0. The minimum atomic E-state index is -2.02. The number of benzene rings is 1. The summed E-state index contributed by atoms with van der Waals surface area (Å²) in [6, 6.07) is 7.32. The predicted octanol–water partition coefficient (Wildman–Crippen LogP) is 5.57. The van der Waals surface area contributed by atoms with E-state index >= 15 is 0 Å². The number of fused-ring (bicyclic) bond motifs is 4. The summed E-state index contributed by atoms with van der Waals surface area (Å²) in [5.41, 5.74) is -4.96. The molecule has 2 saturated carbocycles. The first-order valence-corrected chi connectivity index (χ1v) is 20.7. The number of esters is 3. The molecule has 2 heterocycles. The molecule has 2 unspecified atom stereocenters. The molecule has 0 radical (unpaired) electrons. The Morgan fingerprint density at radius 2 is 1.71 bits per heavy atom. The Morgan fingerprint density at radius 1 is 1.05 bits per heavy atom. The summed E-state index contributed by atoms with van der Waals surface area (Å²) in [5.74, 6) is -3.85. The first kappa shape index (κ1) is 44.7. The summed E-state index contributed by atoms with van der Waals surface area (Å²) >= 11 is 0. The lowest BCUT2D eigenvalue weighted by Crippen LogP contribution is -2.83. The quantitative estimate of drug-likeness (QED) is 0.151. The van der Waals surface area contributed by atoms with Crippen LogP contribution in [0.1, 0.15) is 106 Å². The van der Waals surface area contributed by atoms with E-state index in [2.05, 4.69) is 11.9 Å². The van der Waals surface area contributed by atoms with Gasteiger partial charge >= 0.3 is 24.0 Å². The van der Waals surface area contributed by atoms with E-state index < -0.39 is 112 Å². The van der Waals surface area contributed by atoms with Crippen molar-refractivity contribution in [3.05, 3.63) is 59.7 Å². The number of ether oxygens (including phenoxy) is 7. The van der Waals surface area contributed by atoms with Crippen molar-refractivity contribution in [2.75, 3.05) is 6.61 Å². The second-order valence-electron chi connectivity index (χ2n) is 19.3. The lowest BCUT2D eigenvalue weighted by atomic mass is 9.43. The second-order valence-corrected chi connectivity index (χ2v) is 19.3. The van der Waals surface area contributed by atoms with Crippen LogP contribution < -0.4 is 5.32 Å². The molecule has 5 aliphatic rings. The zero-order valence-electron chi connectivity index (χ0n) is 36.2. The predicted molar refractivity (Wildman–Crippen MR) is 214 cm³/mol. The fourth-order valence-corrected chi connectivity index (χ4v) is 11.0. The molecule has 59 heavy (non-hydrogen) atoms. The van der Waals surface area contributed by atoms with E-state index in [-0.39, 0.29) is 30.9 Å². The average molecular weight is 826 g/mol. The van der Waals surface area contributed by atoms with Gasteiger partial charge in [-0.15, -0.1) is 0 Å². The van der Waals surface area contributed by atoms with E-state index in [1.54, 1.807) is 57.2 Å². The van der Waals surface area contributed by atoms with Crippen molar-refractivity contribution in [3.63, 3.8) is 0 Å². The van der Waals surface area contributed by atoms with Crippen molar-refractivity contribution in [2.45, 2.75) is 161 Å². The van der Waals surface area contributed by atoms with Gasteiger partial charge in [-0.2, -0.15) is 0 Å². The number of hydrogen-bond acceptors (Lipinski definition) is 13. The molecule has 1 aromatic carbocycles.